The number of rotatable bonds is 4. The Kier molecular flexibility index (Phi) is 6.25. The summed E-state index contributed by atoms with van der Waals surface area (Å²) in [5.74, 6) is 5.19. The van der Waals surface area contributed by atoms with E-state index in [4.69, 9.17) is 4.74 Å². The van der Waals surface area contributed by atoms with Crippen LogP contribution in [0.4, 0.5) is 0 Å². The van der Waals surface area contributed by atoms with Gasteiger partial charge < -0.3 is 20.3 Å². The molecule has 1 fully saturated rings. The number of amides is 1. The Morgan fingerprint density at radius 2 is 1.62 bits per heavy atom. The first-order valence-electron chi connectivity index (χ1n) is 13.6. The second-order valence-electron chi connectivity index (χ2n) is 10.4. The van der Waals surface area contributed by atoms with E-state index in [0.29, 0.717) is 5.56 Å². The Balaban J connectivity index is 1.18. The summed E-state index contributed by atoms with van der Waals surface area (Å²) < 4.78 is 6.66. The largest absolute Gasteiger partial charge is 0.394 e. The summed E-state index contributed by atoms with van der Waals surface area (Å²) in [6.45, 7) is -0.432. The van der Waals surface area contributed by atoms with Gasteiger partial charge in [-0.15, -0.1) is 0 Å². The molecular weight excluding hydrogens is 534 g/mol. The highest BCUT2D eigenvalue weighted by Gasteiger charge is 2.35. The standard InChI is InChI=1S/C33H25N3O6/c37-17-27-26(38)15-28(42-27)36-16-19(31(39)35-33(36)41)7-4-14-34-32(40)25-13-12-24-21-9-2-6-18-5-1-8-20(29(18)21)22-10-3-11-23(25)30(22)24/h1-3,5-6,8-13,16,26-28,37-38H,14-15,17H2,(H,34,40)(H,35,39,41)/t26-,27+,28+/m0/s1. The first-order valence-corrected chi connectivity index (χ1v) is 13.6. The zero-order chi connectivity index (χ0) is 29.0. The van der Waals surface area contributed by atoms with E-state index in [2.05, 4.69) is 52.5 Å². The minimum absolute atomic E-state index is 0.00353. The van der Waals surface area contributed by atoms with Gasteiger partial charge in [0.2, 0.25) is 0 Å². The molecule has 0 saturated carbocycles. The Labute approximate surface area is 238 Å². The number of aromatic nitrogens is 2. The molecule has 42 heavy (non-hydrogen) atoms. The molecule has 0 aliphatic carbocycles. The summed E-state index contributed by atoms with van der Waals surface area (Å²) >= 11 is 0. The molecule has 3 atom stereocenters. The van der Waals surface area contributed by atoms with E-state index in [1.54, 1.807) is 0 Å². The molecule has 0 unspecified atom stereocenters. The van der Waals surface area contributed by atoms with Crippen molar-refractivity contribution in [2.24, 2.45) is 0 Å². The summed E-state index contributed by atoms with van der Waals surface area (Å²) in [6, 6.07) is 22.4. The molecule has 7 rings (SSSR count). The van der Waals surface area contributed by atoms with Gasteiger partial charge in [-0.2, -0.15) is 0 Å². The average molecular weight is 560 g/mol. The van der Waals surface area contributed by atoms with Crippen LogP contribution in [0.5, 0.6) is 0 Å². The van der Waals surface area contributed by atoms with E-state index in [1.807, 2.05) is 36.4 Å². The lowest BCUT2D eigenvalue weighted by molar-refractivity contribution is -0.0459. The normalized spacial score (nSPS) is 18.6. The summed E-state index contributed by atoms with van der Waals surface area (Å²) in [5.41, 5.74) is -0.864. The van der Waals surface area contributed by atoms with E-state index >= 15 is 0 Å². The van der Waals surface area contributed by atoms with Crippen molar-refractivity contribution in [3.8, 4) is 11.8 Å². The molecule has 4 N–H and O–H groups in total. The highest BCUT2D eigenvalue weighted by Crippen LogP contribution is 2.40. The molecule has 0 radical (unpaired) electrons. The molecule has 9 heteroatoms. The predicted octanol–water partition coefficient (Wildman–Crippen LogP) is 3.01. The van der Waals surface area contributed by atoms with Gasteiger partial charge in [0.25, 0.3) is 11.5 Å². The van der Waals surface area contributed by atoms with Gasteiger partial charge in [-0.3, -0.25) is 19.1 Å². The van der Waals surface area contributed by atoms with Crippen molar-refractivity contribution in [3.63, 3.8) is 0 Å². The molecule has 2 heterocycles. The highest BCUT2D eigenvalue weighted by atomic mass is 16.5. The van der Waals surface area contributed by atoms with Crippen LogP contribution in [-0.4, -0.2) is 51.0 Å². The fourth-order valence-corrected chi connectivity index (χ4v) is 6.04. The van der Waals surface area contributed by atoms with Gasteiger partial charge in [0.15, 0.2) is 0 Å². The first-order chi connectivity index (χ1) is 20.4. The lowest BCUT2D eigenvalue weighted by Crippen LogP contribution is -2.33. The van der Waals surface area contributed by atoms with E-state index in [9.17, 15) is 24.6 Å². The number of hydrogen-bond acceptors (Lipinski definition) is 6. The number of aliphatic hydroxyl groups excluding tert-OH is 2. The second-order valence-corrected chi connectivity index (χ2v) is 10.4. The van der Waals surface area contributed by atoms with Crippen LogP contribution in [0, 0.1) is 11.8 Å². The van der Waals surface area contributed by atoms with Crippen molar-refractivity contribution in [2.45, 2.75) is 24.9 Å². The number of fused-ring (bicyclic) bond motifs is 2. The van der Waals surface area contributed by atoms with Gasteiger partial charge in [0.05, 0.1) is 19.3 Å². The third-order valence-electron chi connectivity index (χ3n) is 7.99. The van der Waals surface area contributed by atoms with Crippen molar-refractivity contribution in [1.29, 1.82) is 0 Å². The van der Waals surface area contributed by atoms with Crippen molar-refractivity contribution in [2.75, 3.05) is 13.2 Å². The fraction of sp³-hybridized carbons (Fsp3) is 0.182. The van der Waals surface area contributed by atoms with Crippen molar-refractivity contribution < 1.29 is 19.7 Å². The van der Waals surface area contributed by atoms with E-state index < -0.39 is 36.3 Å². The molecule has 1 aliphatic heterocycles. The molecule has 1 saturated heterocycles. The maximum atomic E-state index is 13.3. The molecule has 208 valence electrons. The molecular formula is C33H25N3O6. The van der Waals surface area contributed by atoms with Crippen LogP contribution in [0.2, 0.25) is 0 Å². The third-order valence-corrected chi connectivity index (χ3v) is 7.99. The van der Waals surface area contributed by atoms with Crippen LogP contribution < -0.4 is 16.6 Å². The molecule has 5 aromatic carbocycles. The molecule has 9 nitrogen and oxygen atoms in total. The number of hydrogen-bond donors (Lipinski definition) is 4. The van der Waals surface area contributed by atoms with Gasteiger partial charge in [-0.25, -0.2) is 4.79 Å². The summed E-state index contributed by atoms with van der Waals surface area (Å²) in [7, 11) is 0. The number of nitrogens with zero attached hydrogens (tertiary/aromatic N) is 1. The van der Waals surface area contributed by atoms with E-state index in [-0.39, 0.29) is 24.4 Å². The van der Waals surface area contributed by atoms with Gasteiger partial charge >= 0.3 is 5.69 Å². The summed E-state index contributed by atoms with van der Waals surface area (Å²) in [6.07, 6.45) is -1.28. The van der Waals surface area contributed by atoms with Crippen molar-refractivity contribution >= 4 is 49.0 Å². The van der Waals surface area contributed by atoms with Crippen molar-refractivity contribution in [1.82, 2.24) is 14.9 Å². The van der Waals surface area contributed by atoms with Crippen LogP contribution in [0.1, 0.15) is 28.6 Å². The Morgan fingerprint density at radius 1 is 0.952 bits per heavy atom. The average Bonchev–Trinajstić information content (AvgIpc) is 3.38. The molecule has 1 amide bonds. The van der Waals surface area contributed by atoms with Gasteiger partial charge in [0, 0.05) is 18.2 Å². The lowest BCUT2D eigenvalue weighted by Gasteiger charge is -2.16. The minimum atomic E-state index is -0.942. The predicted molar refractivity (Wildman–Crippen MR) is 160 cm³/mol. The first kappa shape index (κ1) is 25.9. The van der Waals surface area contributed by atoms with Crippen LogP contribution in [0.3, 0.4) is 0 Å². The number of aromatic amines is 1. The van der Waals surface area contributed by atoms with Crippen LogP contribution in [-0.2, 0) is 4.74 Å². The van der Waals surface area contributed by atoms with Crippen LogP contribution in [0.25, 0.3) is 43.1 Å². The zero-order valence-electron chi connectivity index (χ0n) is 22.3. The fourth-order valence-electron chi connectivity index (χ4n) is 6.04. The number of benzene rings is 5. The Hall–Kier alpha value is -5.01. The number of carbonyl (C=O) groups is 1. The Morgan fingerprint density at radius 3 is 2.33 bits per heavy atom. The SMILES string of the molecule is O=C(NCC#Cc1cn([C@H]2C[C@H](O)[C@@H](CO)O2)c(=O)[nH]c1=O)c1ccc2c3cccc4cccc(c5cccc1c52)c43. The van der Waals surface area contributed by atoms with Gasteiger partial charge in [0.1, 0.15) is 17.9 Å². The molecule has 1 aliphatic rings. The minimum Gasteiger partial charge on any atom is -0.394 e. The maximum absolute atomic E-state index is 13.3. The van der Waals surface area contributed by atoms with Gasteiger partial charge in [-0.1, -0.05) is 72.5 Å². The molecule has 0 spiro atoms. The smallest absolute Gasteiger partial charge is 0.330 e. The van der Waals surface area contributed by atoms with E-state index in [1.165, 1.54) is 17.0 Å². The summed E-state index contributed by atoms with van der Waals surface area (Å²) in [4.78, 5) is 40.2. The zero-order valence-corrected chi connectivity index (χ0v) is 22.3. The number of carbonyl (C=O) groups excluding carboxylic acids is 1. The molecule has 1 aromatic heterocycles. The molecule has 6 aromatic rings. The maximum Gasteiger partial charge on any atom is 0.330 e. The number of aliphatic hydroxyl groups is 2. The third kappa shape index (κ3) is 4.13. The monoisotopic (exact) mass is 559 g/mol. The van der Waals surface area contributed by atoms with Crippen LogP contribution >= 0.6 is 0 Å². The van der Waals surface area contributed by atoms with Crippen LogP contribution in [0.15, 0.2) is 82.5 Å². The topological polar surface area (TPSA) is 134 Å². The Bertz CT molecular complexity index is 2160. The highest BCUT2D eigenvalue weighted by molar-refractivity contribution is 6.34. The quantitative estimate of drug-likeness (QED) is 0.149. The second kappa shape index (κ2) is 10.1. The number of nitrogens with one attached hydrogen (secondary N) is 2. The number of H-pyrrole nitrogens is 1. The van der Waals surface area contributed by atoms with E-state index in [0.717, 1.165) is 36.9 Å². The van der Waals surface area contributed by atoms with Crippen molar-refractivity contribution in [3.05, 3.63) is 105 Å². The lowest BCUT2D eigenvalue weighted by atomic mass is 9.88. The summed E-state index contributed by atoms with van der Waals surface area (Å²) in [5, 5.41) is 30.8. The molecule has 0 bridgehead atoms. The number of ether oxygens (including phenoxy) is 1. The van der Waals surface area contributed by atoms with Gasteiger partial charge in [-0.05, 0) is 49.2 Å².